The van der Waals surface area contributed by atoms with Gasteiger partial charge in [-0.05, 0) is 126 Å². The Morgan fingerprint density at radius 2 is 0.855 bits per heavy atom. The van der Waals surface area contributed by atoms with Gasteiger partial charge in [0.05, 0.1) is 13.2 Å². The van der Waals surface area contributed by atoms with E-state index in [2.05, 4.69) is 84.1 Å². The Balaban J connectivity index is 0.000000324. The Hall–Kier alpha value is -4.75. The third kappa shape index (κ3) is 18.7. The first-order chi connectivity index (χ1) is 28.8. The number of ether oxygens (including phenoxy) is 4. The van der Waals surface area contributed by atoms with Crippen molar-refractivity contribution >= 4 is 29.2 Å². The van der Waals surface area contributed by atoms with Crippen molar-refractivity contribution in [3.63, 3.8) is 0 Å². The molecule has 0 unspecified atom stereocenters. The third-order valence-electron chi connectivity index (χ3n) is 9.76. The average Bonchev–Trinajstić information content (AvgIpc) is 3.22. The number of amides is 2. The van der Waals surface area contributed by atoms with E-state index >= 15 is 0 Å². The molecule has 2 amide bonds. The zero-order valence-electron chi connectivity index (χ0n) is 39.0. The normalized spacial score (nSPS) is 15.7. The van der Waals surface area contributed by atoms with Crippen LogP contribution in [0.15, 0.2) is 72.8 Å². The van der Waals surface area contributed by atoms with Crippen LogP contribution in [0.25, 0.3) is 0 Å². The number of phenolic OH excluding ortho intramolecular Hbond substituents is 1. The van der Waals surface area contributed by atoms with Crippen LogP contribution in [0, 0.1) is 11.8 Å². The van der Waals surface area contributed by atoms with Gasteiger partial charge in [-0.15, -0.1) is 0 Å². The van der Waals surface area contributed by atoms with Crippen molar-refractivity contribution < 1.29 is 47.5 Å². The number of hydrogen-bond donors (Lipinski definition) is 2. The molecule has 2 N–H and O–H groups in total. The fourth-order valence-corrected chi connectivity index (χ4v) is 6.57. The molecule has 6 rings (SSSR count). The second-order valence-electron chi connectivity index (χ2n) is 18.6. The standard InChI is InChI=1S/C19H30N2O3.C15H22N2O3.C14H22N2O.ClH.H2/c1-15(2)14-23-17-8-6-16(7-9-17)20-10-12-21(13-11-20)18(22)24-19(3,4)5;1-15(2,3)20-14(19)17-10-8-16(9-11-17)12-4-6-13(18)7-5-12;1-12(2)11-17-14-5-3-13(4-6-14)16-9-7-15-8-10-16;;/h6-9,15H,10-14H2,1-5H3;4-7,18H,8-11H2,1-3H3;3-6,12,15H,7-11H2,1-2H3;2*1H/p-1. The minimum Gasteiger partial charge on any atom is -1.00 e. The summed E-state index contributed by atoms with van der Waals surface area (Å²) < 4.78 is 22.2. The van der Waals surface area contributed by atoms with Gasteiger partial charge in [-0.1, -0.05) is 27.7 Å². The Morgan fingerprint density at radius 3 is 1.16 bits per heavy atom. The largest absolute Gasteiger partial charge is 1.00 e. The van der Waals surface area contributed by atoms with Crippen molar-refractivity contribution in [2.75, 3.05) is 106 Å². The molecule has 0 saturated carbocycles. The van der Waals surface area contributed by atoms with Crippen LogP contribution < -0.4 is 41.9 Å². The minimum absolute atomic E-state index is 0. The van der Waals surface area contributed by atoms with Crippen molar-refractivity contribution in [1.29, 1.82) is 0 Å². The molecule has 3 fully saturated rings. The molecule has 3 aromatic carbocycles. The van der Waals surface area contributed by atoms with Crippen LogP contribution in [-0.4, -0.2) is 130 Å². The maximum Gasteiger partial charge on any atom is 0.410 e. The Labute approximate surface area is 379 Å². The van der Waals surface area contributed by atoms with Gasteiger partial charge in [0, 0.05) is 97.0 Å². The van der Waals surface area contributed by atoms with E-state index in [1.54, 1.807) is 21.9 Å². The second-order valence-corrected chi connectivity index (χ2v) is 18.6. The number of phenols is 1. The molecule has 0 aromatic heterocycles. The molecule has 62 heavy (non-hydrogen) atoms. The number of hydrogen-bond acceptors (Lipinski definition) is 11. The number of rotatable bonds is 9. The summed E-state index contributed by atoms with van der Waals surface area (Å²) >= 11 is 0. The van der Waals surface area contributed by atoms with Gasteiger partial charge in [0.25, 0.3) is 0 Å². The zero-order valence-corrected chi connectivity index (χ0v) is 39.7. The SMILES string of the molecule is CC(C)(C)OC(=O)N1CCN(c2ccc(O)cc2)CC1.CC(C)COc1ccc(N2CCN(C(=O)OC(C)(C)C)CC2)cc1.CC(C)COc1ccc(N2CCNCC2)cc1.[Cl-].[HH]. The predicted molar refractivity (Wildman–Crippen MR) is 249 cm³/mol. The molecule has 3 saturated heterocycles. The number of carbonyl (C=O) groups is 2. The first-order valence-electron chi connectivity index (χ1n) is 22.0. The maximum absolute atomic E-state index is 12.1. The fraction of sp³-hybridized carbons (Fsp3) is 0.583. The van der Waals surface area contributed by atoms with Crippen LogP contribution in [0.3, 0.4) is 0 Å². The molecule has 348 valence electrons. The summed E-state index contributed by atoms with van der Waals surface area (Å²) in [6.07, 6.45) is -0.470. The number of carbonyl (C=O) groups excluding carboxylic acids is 2. The van der Waals surface area contributed by atoms with E-state index in [-0.39, 0.29) is 31.8 Å². The number of halogens is 1. The lowest BCUT2D eigenvalue weighted by Crippen LogP contribution is -3.00. The predicted octanol–water partition coefficient (Wildman–Crippen LogP) is 5.61. The number of anilines is 3. The molecule has 3 aliphatic heterocycles. The lowest BCUT2D eigenvalue weighted by molar-refractivity contribution is -0.0000963. The van der Waals surface area contributed by atoms with Gasteiger partial charge in [0.15, 0.2) is 0 Å². The lowest BCUT2D eigenvalue weighted by atomic mass is 10.2. The summed E-state index contributed by atoms with van der Waals surface area (Å²) in [7, 11) is 0. The van der Waals surface area contributed by atoms with Crippen LogP contribution in [-0.2, 0) is 9.47 Å². The highest BCUT2D eigenvalue weighted by Gasteiger charge is 2.27. The van der Waals surface area contributed by atoms with E-state index in [0.29, 0.717) is 38.0 Å². The summed E-state index contributed by atoms with van der Waals surface area (Å²) in [5.74, 6) is 3.23. The van der Waals surface area contributed by atoms with Gasteiger partial charge >= 0.3 is 12.2 Å². The van der Waals surface area contributed by atoms with Crippen molar-refractivity contribution in [2.24, 2.45) is 11.8 Å². The highest BCUT2D eigenvalue weighted by Crippen LogP contribution is 2.24. The lowest BCUT2D eigenvalue weighted by Gasteiger charge is -2.36. The molecule has 3 heterocycles. The monoisotopic (exact) mass is 884 g/mol. The van der Waals surface area contributed by atoms with E-state index in [1.807, 2.05) is 65.8 Å². The number of benzene rings is 3. The number of aromatic hydroxyl groups is 1. The number of nitrogens with zero attached hydrogens (tertiary/aromatic N) is 5. The molecule has 0 atom stereocenters. The van der Waals surface area contributed by atoms with Crippen LogP contribution in [0.1, 0.15) is 70.7 Å². The molecule has 14 heteroatoms. The quantitative estimate of drug-likeness (QED) is 0.280. The van der Waals surface area contributed by atoms with Crippen molar-refractivity contribution in [3.8, 4) is 17.2 Å². The van der Waals surface area contributed by atoms with Crippen molar-refractivity contribution in [3.05, 3.63) is 72.8 Å². The summed E-state index contributed by atoms with van der Waals surface area (Å²) in [6, 6.07) is 23.8. The van der Waals surface area contributed by atoms with Gasteiger partial charge < -0.3 is 66.3 Å². The number of piperazine rings is 3. The molecule has 0 aliphatic carbocycles. The van der Waals surface area contributed by atoms with Gasteiger partial charge in [-0.25, -0.2) is 9.59 Å². The smallest absolute Gasteiger partial charge is 0.410 e. The van der Waals surface area contributed by atoms with E-state index in [4.69, 9.17) is 18.9 Å². The number of nitrogens with one attached hydrogen (secondary N) is 1. The highest BCUT2D eigenvalue weighted by atomic mass is 35.5. The van der Waals surface area contributed by atoms with Gasteiger partial charge in [0.1, 0.15) is 28.5 Å². The fourth-order valence-electron chi connectivity index (χ4n) is 6.57. The summed E-state index contributed by atoms with van der Waals surface area (Å²) in [5.41, 5.74) is 2.62. The van der Waals surface area contributed by atoms with Gasteiger partial charge in [0.2, 0.25) is 0 Å². The molecular formula is C48H76ClN6O7-. The van der Waals surface area contributed by atoms with E-state index in [0.717, 1.165) is 88.4 Å². The highest BCUT2D eigenvalue weighted by molar-refractivity contribution is 5.69. The summed E-state index contributed by atoms with van der Waals surface area (Å²) in [5, 5.41) is 12.7. The van der Waals surface area contributed by atoms with E-state index in [1.165, 1.54) is 5.69 Å². The average molecular weight is 885 g/mol. The van der Waals surface area contributed by atoms with E-state index in [9.17, 15) is 14.7 Å². The van der Waals surface area contributed by atoms with Crippen molar-refractivity contribution in [2.45, 2.75) is 80.4 Å². The molecule has 3 aromatic rings. The second kappa shape index (κ2) is 24.8. The molecule has 0 bridgehead atoms. The maximum atomic E-state index is 12.1. The van der Waals surface area contributed by atoms with Crippen LogP contribution in [0.4, 0.5) is 26.7 Å². The third-order valence-corrected chi connectivity index (χ3v) is 9.76. The van der Waals surface area contributed by atoms with Gasteiger partial charge in [-0.2, -0.15) is 0 Å². The molecule has 0 radical (unpaired) electrons. The molecule has 0 spiro atoms. The Kier molecular flexibility index (Phi) is 20.6. The Bertz CT molecular complexity index is 1730. The molecular weight excluding hydrogens is 808 g/mol. The topological polar surface area (TPSA) is 120 Å². The molecule has 3 aliphatic rings. The van der Waals surface area contributed by atoms with Crippen LogP contribution in [0.5, 0.6) is 17.2 Å². The first-order valence-corrected chi connectivity index (χ1v) is 22.0. The summed E-state index contributed by atoms with van der Waals surface area (Å²) in [4.78, 5) is 34.5. The molecule has 13 nitrogen and oxygen atoms in total. The van der Waals surface area contributed by atoms with Gasteiger partial charge in [-0.3, -0.25) is 0 Å². The van der Waals surface area contributed by atoms with E-state index < -0.39 is 11.2 Å². The van der Waals surface area contributed by atoms with Crippen LogP contribution in [0.2, 0.25) is 0 Å². The Morgan fingerprint density at radius 1 is 0.548 bits per heavy atom. The minimum atomic E-state index is -0.453. The van der Waals surface area contributed by atoms with Crippen LogP contribution >= 0.6 is 0 Å². The zero-order chi connectivity index (χ0) is 44.6. The van der Waals surface area contributed by atoms with Crippen molar-refractivity contribution in [1.82, 2.24) is 15.1 Å². The first kappa shape index (κ1) is 51.6. The summed E-state index contributed by atoms with van der Waals surface area (Å²) in [6.45, 7) is 31.6.